The smallest absolute Gasteiger partial charge is 0.248 e. The molecule has 0 radical (unpaired) electrons. The third kappa shape index (κ3) is 13.6. The average Bonchev–Trinajstić information content (AvgIpc) is 4.22. The predicted molar refractivity (Wildman–Crippen MR) is 280 cm³/mol. The number of ether oxygens (including phenoxy) is 5. The van der Waals surface area contributed by atoms with E-state index in [-0.39, 0.29) is 64.1 Å². The molecule has 0 aliphatic carbocycles. The van der Waals surface area contributed by atoms with Crippen molar-refractivity contribution in [2.75, 3.05) is 77.3 Å². The number of rotatable bonds is 20. The Balaban J connectivity index is 0.721. The molecule has 3 aromatic carbocycles. The van der Waals surface area contributed by atoms with Crippen LogP contribution >= 0.6 is 34.5 Å². The first-order valence-corrected chi connectivity index (χ1v) is 26.3. The molecule has 6 atom stereocenters. The van der Waals surface area contributed by atoms with Crippen molar-refractivity contribution in [3.63, 3.8) is 0 Å². The lowest BCUT2D eigenvalue weighted by molar-refractivity contribution is -0.189. The summed E-state index contributed by atoms with van der Waals surface area (Å²) in [5.41, 5.74) is 5.62. The molecule has 0 bridgehead atoms. The number of carbonyl (C=O) groups is 4. The van der Waals surface area contributed by atoms with E-state index in [0.29, 0.717) is 60.7 Å². The number of hydrogen-bond donors (Lipinski definition) is 3. The second-order valence-electron chi connectivity index (χ2n) is 19.8. The molecule has 4 amide bonds. The fraction of sp³-hybridized carbons (Fsp3) is 0.472. The van der Waals surface area contributed by atoms with Gasteiger partial charge in [0.2, 0.25) is 29.4 Å². The van der Waals surface area contributed by atoms with Gasteiger partial charge in [0.1, 0.15) is 43.8 Å². The van der Waals surface area contributed by atoms with E-state index < -0.39 is 47.1 Å². The third-order valence-electron chi connectivity index (χ3n) is 13.3. The van der Waals surface area contributed by atoms with Gasteiger partial charge in [-0.25, -0.2) is 9.97 Å². The molecule has 396 valence electrons. The molecule has 3 aliphatic heterocycles. The summed E-state index contributed by atoms with van der Waals surface area (Å²) in [5.74, 6) is -2.01. The topological polar surface area (TPSA) is 199 Å². The van der Waals surface area contributed by atoms with E-state index in [1.807, 2.05) is 105 Å². The number of likely N-dealkylation sites (tertiary alicyclic amines) is 1. The zero-order valence-electron chi connectivity index (χ0n) is 42.2. The van der Waals surface area contributed by atoms with Crippen molar-refractivity contribution in [1.29, 1.82) is 0 Å². The van der Waals surface area contributed by atoms with Crippen LogP contribution < -0.4 is 20.3 Å². The number of aliphatic hydroxyl groups is 1. The molecule has 3 saturated heterocycles. The molecule has 3 aliphatic rings. The quantitative estimate of drug-likeness (QED) is 0.0766. The Morgan fingerprint density at radius 1 is 0.959 bits per heavy atom. The van der Waals surface area contributed by atoms with Gasteiger partial charge >= 0.3 is 0 Å². The number of anilines is 1. The molecule has 3 fully saturated rings. The van der Waals surface area contributed by atoms with Gasteiger partial charge in [0.15, 0.2) is 0 Å². The maximum absolute atomic E-state index is 14.1. The lowest BCUT2D eigenvalue weighted by Crippen LogP contribution is -2.58. The number of β-amino-alcohol motifs (C(OH)–C–C–N with tert-alkyl or cyclic N) is 1. The summed E-state index contributed by atoms with van der Waals surface area (Å²) in [5, 5.41) is 17.4. The molecule has 21 heteroatoms. The summed E-state index contributed by atoms with van der Waals surface area (Å²) < 4.78 is 32.0. The van der Waals surface area contributed by atoms with Crippen molar-refractivity contribution in [3.8, 4) is 16.2 Å². The van der Waals surface area contributed by atoms with Crippen LogP contribution in [0.5, 0.6) is 5.75 Å². The van der Waals surface area contributed by atoms with E-state index >= 15 is 0 Å². The molecule has 0 unspecified atom stereocenters. The van der Waals surface area contributed by atoms with E-state index in [0.717, 1.165) is 27.4 Å². The number of hydrogen-bond acceptors (Lipinski definition) is 14. The number of aliphatic hydroxyl groups excluding tert-OH is 1. The molecule has 3 N–H and O–H groups in total. The zero-order valence-corrected chi connectivity index (χ0v) is 44.5. The van der Waals surface area contributed by atoms with Gasteiger partial charge in [-0.2, -0.15) is 0 Å². The van der Waals surface area contributed by atoms with Crippen LogP contribution in [0.15, 0.2) is 91.0 Å². The number of piperazine rings is 1. The van der Waals surface area contributed by atoms with Crippen molar-refractivity contribution in [1.82, 2.24) is 35.0 Å². The molecule has 2 aromatic heterocycles. The minimum Gasteiger partial charge on any atom is -0.491 e. The Morgan fingerprint density at radius 2 is 1.69 bits per heavy atom. The Labute approximate surface area is 445 Å². The Bertz CT molecular complexity index is 2700. The lowest BCUT2D eigenvalue weighted by atomic mass is 9.85. The average molecular weight is 1080 g/mol. The van der Waals surface area contributed by atoms with Crippen molar-refractivity contribution in [3.05, 3.63) is 118 Å². The van der Waals surface area contributed by atoms with E-state index in [1.54, 1.807) is 40.9 Å². The molecule has 5 heterocycles. The summed E-state index contributed by atoms with van der Waals surface area (Å²) in [4.78, 5) is 68.8. The summed E-state index contributed by atoms with van der Waals surface area (Å²) in [6.07, 6.45) is 4.01. The van der Waals surface area contributed by atoms with Gasteiger partial charge in [0.25, 0.3) is 0 Å². The van der Waals surface area contributed by atoms with Crippen molar-refractivity contribution >= 4 is 63.9 Å². The van der Waals surface area contributed by atoms with E-state index in [9.17, 15) is 24.3 Å². The molecule has 0 saturated carbocycles. The SMILES string of the molecule is Cc1ncsc1-c1ccc([C@H](C)NC(=O)[C@@H]2C[C@@H](O)CN2C(=O)[C@@H](NC(=O)COCCOCC(=O)N2CCN(c3ccc(OC[C@H]4CO[C@](Cn5ccnc5)(c5ccc(Cl)cc5Cl)O4)cc3)CC2)C(C)(C)C)cc1. The van der Waals surface area contributed by atoms with Gasteiger partial charge in [-0.1, -0.05) is 74.3 Å². The fourth-order valence-corrected chi connectivity index (χ4v) is 10.6. The van der Waals surface area contributed by atoms with Crippen LogP contribution in [0.2, 0.25) is 10.0 Å². The number of aryl methyl sites for hydroxylation is 1. The van der Waals surface area contributed by atoms with Crippen LogP contribution in [0.1, 0.15) is 57.0 Å². The van der Waals surface area contributed by atoms with Crippen LogP contribution in [-0.2, 0) is 50.5 Å². The molecule has 5 aromatic rings. The Morgan fingerprint density at radius 3 is 2.35 bits per heavy atom. The number of carbonyl (C=O) groups excluding carboxylic acids is 4. The second kappa shape index (κ2) is 24.4. The minimum atomic E-state index is -1.15. The standard InChI is InChI=1S/C53H64Cl2N8O10S/c1-34(36-6-8-37(9-7-36)48-35(2)57-33-74-48)58-50(67)45-25-40(64)26-63(45)51(68)49(52(3,4)5)59-46(65)29-69-22-23-70-30-47(66)62-20-18-61(19-21-62)39-11-13-41(14-12-39)71-27-42-28-72-53(73-42,31-60-17-16-56-32-60)43-15-10-38(54)24-44(43)55/h6-17,24,32-34,40,42,45,49,64H,18-23,25-31H2,1-5H3,(H,58,67)(H,59,65)/t34-,40+,42-,45-,49+,53-/m0/s1. The van der Waals surface area contributed by atoms with Crippen molar-refractivity contribution in [2.45, 2.75) is 83.7 Å². The number of thiazole rings is 1. The lowest BCUT2D eigenvalue weighted by Gasteiger charge is -2.36. The second-order valence-corrected chi connectivity index (χ2v) is 21.5. The normalized spacial score (nSPS) is 20.9. The van der Waals surface area contributed by atoms with Gasteiger partial charge in [-0.15, -0.1) is 11.3 Å². The highest BCUT2D eigenvalue weighted by Crippen LogP contribution is 2.41. The molecule has 18 nitrogen and oxygen atoms in total. The van der Waals surface area contributed by atoms with Gasteiger partial charge < -0.3 is 58.7 Å². The van der Waals surface area contributed by atoms with Crippen molar-refractivity contribution < 1.29 is 48.0 Å². The van der Waals surface area contributed by atoms with Gasteiger partial charge in [-0.05, 0) is 66.8 Å². The number of aromatic nitrogens is 3. The first kappa shape index (κ1) is 54.6. The highest BCUT2D eigenvalue weighted by Gasteiger charge is 2.46. The van der Waals surface area contributed by atoms with Gasteiger partial charge in [0.05, 0.1) is 65.9 Å². The Hall–Kier alpha value is -5.64. The van der Waals surface area contributed by atoms with Gasteiger partial charge in [-0.3, -0.25) is 19.2 Å². The first-order valence-electron chi connectivity index (χ1n) is 24.7. The number of imidazole rings is 1. The number of benzene rings is 3. The van der Waals surface area contributed by atoms with E-state index in [4.69, 9.17) is 46.9 Å². The number of nitrogens with one attached hydrogen (secondary N) is 2. The molecular formula is C53H64Cl2N8O10S. The number of amides is 4. The third-order valence-corrected chi connectivity index (χ3v) is 14.8. The van der Waals surface area contributed by atoms with E-state index in [2.05, 4.69) is 25.5 Å². The summed E-state index contributed by atoms with van der Waals surface area (Å²) in [6.45, 7) is 12.1. The van der Waals surface area contributed by atoms with Crippen molar-refractivity contribution in [2.24, 2.45) is 5.41 Å². The molecule has 0 spiro atoms. The maximum Gasteiger partial charge on any atom is 0.248 e. The van der Waals surface area contributed by atoms with E-state index in [1.165, 1.54) is 4.90 Å². The molecular weight excluding hydrogens is 1010 g/mol. The highest BCUT2D eigenvalue weighted by molar-refractivity contribution is 7.13. The zero-order chi connectivity index (χ0) is 52.6. The van der Waals surface area contributed by atoms with Crippen LogP contribution in [-0.4, -0.2) is 150 Å². The van der Waals surface area contributed by atoms with Crippen LogP contribution in [0.25, 0.3) is 10.4 Å². The predicted octanol–water partition coefficient (Wildman–Crippen LogP) is 6.02. The largest absolute Gasteiger partial charge is 0.491 e. The summed E-state index contributed by atoms with van der Waals surface area (Å²) in [6, 6.07) is 18.6. The number of halogens is 2. The van der Waals surface area contributed by atoms with Gasteiger partial charge in [0, 0.05) is 67.8 Å². The summed E-state index contributed by atoms with van der Waals surface area (Å²) in [7, 11) is 0. The summed E-state index contributed by atoms with van der Waals surface area (Å²) >= 11 is 14.4. The fourth-order valence-electron chi connectivity index (χ4n) is 9.28. The highest BCUT2D eigenvalue weighted by atomic mass is 35.5. The Kier molecular flexibility index (Phi) is 18.0. The monoisotopic (exact) mass is 1070 g/mol. The molecule has 8 rings (SSSR count). The minimum absolute atomic E-state index is 0.0431. The van der Waals surface area contributed by atoms with Crippen LogP contribution in [0.4, 0.5) is 5.69 Å². The maximum atomic E-state index is 14.1. The first-order chi connectivity index (χ1) is 35.5. The number of nitrogens with zero attached hydrogens (tertiary/aromatic N) is 6. The van der Waals surface area contributed by atoms with Crippen LogP contribution in [0, 0.1) is 12.3 Å². The molecule has 74 heavy (non-hydrogen) atoms. The van der Waals surface area contributed by atoms with Crippen LogP contribution in [0.3, 0.4) is 0 Å².